The lowest BCUT2D eigenvalue weighted by Gasteiger charge is -2.15. The molecule has 0 unspecified atom stereocenters. The van der Waals surface area contributed by atoms with Gasteiger partial charge in [-0.2, -0.15) is 0 Å². The number of nitrogens with two attached hydrogens (primary N) is 1. The highest BCUT2D eigenvalue weighted by molar-refractivity contribution is 7.09. The molecule has 140 valence electrons. The maximum atomic E-state index is 12.3. The van der Waals surface area contributed by atoms with Gasteiger partial charge in [-0.3, -0.25) is 4.79 Å². The molecule has 0 saturated heterocycles. The Morgan fingerprint density at radius 2 is 2.04 bits per heavy atom. The molecule has 0 aromatic carbocycles. The first-order chi connectivity index (χ1) is 13.4. The monoisotopic (exact) mass is 390 g/mol. The van der Waals surface area contributed by atoms with Gasteiger partial charge in [-0.1, -0.05) is 12.1 Å². The van der Waals surface area contributed by atoms with Crippen LogP contribution in [0.3, 0.4) is 0 Å². The van der Waals surface area contributed by atoms with Crippen molar-refractivity contribution in [2.24, 2.45) is 0 Å². The van der Waals surface area contributed by atoms with Crippen molar-refractivity contribution in [3.63, 3.8) is 0 Å². The fourth-order valence-electron chi connectivity index (χ4n) is 3.63. The molecule has 4 aromatic heterocycles. The van der Waals surface area contributed by atoms with Crippen molar-refractivity contribution < 1.29 is 4.79 Å². The van der Waals surface area contributed by atoms with Crippen LogP contribution in [0.2, 0.25) is 0 Å². The Kier molecular flexibility index (Phi) is 3.54. The number of imidazole rings is 1. The van der Waals surface area contributed by atoms with Crippen LogP contribution in [-0.4, -0.2) is 25.3 Å². The Hall–Kier alpha value is -3.26. The van der Waals surface area contributed by atoms with Crippen LogP contribution < -0.4 is 11.1 Å². The largest absolute Gasteiger partial charge is 0.383 e. The van der Waals surface area contributed by atoms with Crippen LogP contribution in [0.5, 0.6) is 0 Å². The van der Waals surface area contributed by atoms with Crippen molar-refractivity contribution in [2.75, 3.05) is 11.1 Å². The summed E-state index contributed by atoms with van der Waals surface area (Å²) in [5.41, 5.74) is 7.68. The number of anilines is 2. The van der Waals surface area contributed by atoms with Crippen LogP contribution >= 0.6 is 11.3 Å². The van der Waals surface area contributed by atoms with Gasteiger partial charge < -0.3 is 15.5 Å². The van der Waals surface area contributed by atoms with E-state index in [1.54, 1.807) is 11.3 Å². The molecule has 4 aromatic rings. The lowest BCUT2D eigenvalue weighted by molar-refractivity contribution is -0.119. The average Bonchev–Trinajstić information content (AvgIpc) is 3.34. The predicted molar refractivity (Wildman–Crippen MR) is 109 cm³/mol. The summed E-state index contributed by atoms with van der Waals surface area (Å²) in [6, 6.07) is 10.0. The zero-order valence-electron chi connectivity index (χ0n) is 15.4. The third kappa shape index (κ3) is 2.41. The predicted octanol–water partition coefficient (Wildman–Crippen LogP) is 3.26. The van der Waals surface area contributed by atoms with Gasteiger partial charge in [0.1, 0.15) is 23.2 Å². The minimum absolute atomic E-state index is 0.131. The molecule has 7 nitrogen and oxygen atoms in total. The van der Waals surface area contributed by atoms with E-state index < -0.39 is 5.41 Å². The number of carbonyl (C=O) groups is 1. The van der Waals surface area contributed by atoms with Crippen LogP contribution in [0.4, 0.5) is 11.6 Å². The van der Waals surface area contributed by atoms with E-state index >= 15 is 0 Å². The quantitative estimate of drug-likeness (QED) is 0.559. The highest BCUT2D eigenvalue weighted by Gasteiger charge is 2.42. The number of thiophene rings is 1. The maximum absolute atomic E-state index is 12.3. The molecule has 1 amide bonds. The summed E-state index contributed by atoms with van der Waals surface area (Å²) in [4.78, 5) is 27.5. The zero-order chi connectivity index (χ0) is 19.5. The molecule has 0 atom stereocenters. The molecular weight excluding hydrogens is 372 g/mol. The smallest absolute Gasteiger partial charge is 0.235 e. The van der Waals surface area contributed by atoms with E-state index in [9.17, 15) is 4.79 Å². The molecule has 0 radical (unpaired) electrons. The third-order valence-electron chi connectivity index (χ3n) is 5.11. The van der Waals surface area contributed by atoms with Gasteiger partial charge in [0.2, 0.25) is 5.91 Å². The number of aromatic nitrogens is 4. The van der Waals surface area contributed by atoms with Crippen molar-refractivity contribution in [2.45, 2.75) is 25.7 Å². The van der Waals surface area contributed by atoms with Gasteiger partial charge in [0, 0.05) is 17.5 Å². The third-order valence-corrected chi connectivity index (χ3v) is 5.98. The molecule has 28 heavy (non-hydrogen) atoms. The molecule has 5 heterocycles. The van der Waals surface area contributed by atoms with Crippen LogP contribution in [0.1, 0.15) is 30.1 Å². The first-order valence-corrected chi connectivity index (χ1v) is 9.81. The van der Waals surface area contributed by atoms with E-state index in [4.69, 9.17) is 10.7 Å². The number of nitrogen functional groups attached to an aromatic ring is 1. The van der Waals surface area contributed by atoms with Gasteiger partial charge in [0.25, 0.3) is 0 Å². The standard InChI is InChI=1S/C20H18N6OS/c1-20(2)14-16(21)23-18(24-17(14)25-19(20)27)15-12-7-3-4-8-26(12)13(22-15)10-11-6-5-9-28-11/h3-9H,10H2,1-2H3,(H3,21,23,24,25,27). The molecule has 0 bridgehead atoms. The van der Waals surface area contributed by atoms with Crippen molar-refractivity contribution in [1.82, 2.24) is 19.4 Å². The summed E-state index contributed by atoms with van der Waals surface area (Å²) in [5, 5.41) is 4.88. The second kappa shape index (κ2) is 5.87. The SMILES string of the molecule is CC1(C)C(=O)Nc2nc(-c3nc(Cc4cccs4)n4ccccc34)nc(N)c21. The summed E-state index contributed by atoms with van der Waals surface area (Å²) < 4.78 is 2.05. The highest BCUT2D eigenvalue weighted by atomic mass is 32.1. The molecule has 1 aliphatic rings. The molecule has 5 rings (SSSR count). The van der Waals surface area contributed by atoms with E-state index in [0.29, 0.717) is 35.1 Å². The second-order valence-corrected chi connectivity index (χ2v) is 8.36. The number of hydrogen-bond donors (Lipinski definition) is 2. The normalized spacial score (nSPS) is 15.0. The van der Waals surface area contributed by atoms with E-state index in [-0.39, 0.29) is 5.91 Å². The summed E-state index contributed by atoms with van der Waals surface area (Å²) in [6.07, 6.45) is 2.70. The molecule has 0 fully saturated rings. The molecule has 0 saturated carbocycles. The van der Waals surface area contributed by atoms with E-state index in [1.807, 2.05) is 48.7 Å². The van der Waals surface area contributed by atoms with Crippen molar-refractivity contribution in [3.05, 3.63) is 58.2 Å². The van der Waals surface area contributed by atoms with E-state index in [1.165, 1.54) is 4.88 Å². The van der Waals surface area contributed by atoms with Crippen LogP contribution in [0.15, 0.2) is 41.9 Å². The maximum Gasteiger partial charge on any atom is 0.235 e. The number of nitrogens with zero attached hydrogens (tertiary/aromatic N) is 4. The lowest BCUT2D eigenvalue weighted by Crippen LogP contribution is -2.27. The summed E-state index contributed by atoms with van der Waals surface area (Å²) >= 11 is 1.70. The molecule has 0 spiro atoms. The molecule has 8 heteroatoms. The molecule has 0 aliphatic carbocycles. The Morgan fingerprint density at radius 1 is 1.18 bits per heavy atom. The minimum Gasteiger partial charge on any atom is -0.383 e. The number of fused-ring (bicyclic) bond motifs is 2. The minimum atomic E-state index is -0.751. The Bertz CT molecular complexity index is 1230. The van der Waals surface area contributed by atoms with Gasteiger partial charge in [-0.05, 0) is 37.4 Å². The highest BCUT2D eigenvalue weighted by Crippen LogP contribution is 2.40. The van der Waals surface area contributed by atoms with Crippen molar-refractivity contribution in [3.8, 4) is 11.5 Å². The fourth-order valence-corrected chi connectivity index (χ4v) is 4.33. The second-order valence-electron chi connectivity index (χ2n) is 7.32. The lowest BCUT2D eigenvalue weighted by atomic mass is 9.87. The molecule has 1 aliphatic heterocycles. The summed E-state index contributed by atoms with van der Waals surface area (Å²) in [7, 11) is 0. The summed E-state index contributed by atoms with van der Waals surface area (Å²) in [5.74, 6) is 1.96. The van der Waals surface area contributed by atoms with Crippen LogP contribution in [0.25, 0.3) is 17.0 Å². The van der Waals surface area contributed by atoms with Crippen molar-refractivity contribution in [1.29, 1.82) is 0 Å². The van der Waals surface area contributed by atoms with Gasteiger partial charge >= 0.3 is 0 Å². The first kappa shape index (κ1) is 16.9. The molecule has 3 N–H and O–H groups in total. The zero-order valence-corrected chi connectivity index (χ0v) is 16.2. The Labute approximate surface area is 165 Å². The number of pyridine rings is 1. The first-order valence-electron chi connectivity index (χ1n) is 8.93. The Balaban J connectivity index is 1.68. The average molecular weight is 390 g/mol. The number of hydrogen-bond acceptors (Lipinski definition) is 6. The number of nitrogens with one attached hydrogen (secondary N) is 1. The number of rotatable bonds is 3. The van der Waals surface area contributed by atoms with Gasteiger partial charge in [-0.15, -0.1) is 11.3 Å². The van der Waals surface area contributed by atoms with E-state index in [0.717, 1.165) is 11.3 Å². The van der Waals surface area contributed by atoms with Crippen LogP contribution in [-0.2, 0) is 16.6 Å². The summed E-state index contributed by atoms with van der Waals surface area (Å²) in [6.45, 7) is 3.64. The topological polar surface area (TPSA) is 98.2 Å². The van der Waals surface area contributed by atoms with Gasteiger partial charge in [0.15, 0.2) is 5.82 Å². The fraction of sp³-hybridized carbons (Fsp3) is 0.200. The number of amides is 1. The molecular formula is C20H18N6OS. The van der Waals surface area contributed by atoms with E-state index in [2.05, 4.69) is 26.7 Å². The van der Waals surface area contributed by atoms with Crippen LogP contribution in [0, 0.1) is 0 Å². The Morgan fingerprint density at radius 3 is 2.82 bits per heavy atom. The van der Waals surface area contributed by atoms with Crippen molar-refractivity contribution >= 4 is 34.4 Å². The van der Waals surface area contributed by atoms with Gasteiger partial charge in [0.05, 0.1) is 16.5 Å². The van der Waals surface area contributed by atoms with Gasteiger partial charge in [-0.25, -0.2) is 15.0 Å². The number of carbonyl (C=O) groups excluding carboxylic acids is 1.